The van der Waals surface area contributed by atoms with Crippen LogP contribution in [0.4, 0.5) is 0 Å². The minimum atomic E-state index is -2.11. The van der Waals surface area contributed by atoms with E-state index in [2.05, 4.69) is 13.3 Å². The van der Waals surface area contributed by atoms with E-state index in [9.17, 15) is 0 Å². The average molecular weight is 410 g/mol. The summed E-state index contributed by atoms with van der Waals surface area (Å²) in [5.41, 5.74) is 0. The Hall–Kier alpha value is 1.95. The predicted octanol–water partition coefficient (Wildman–Crippen LogP) is 3.79. The molecule has 0 spiro atoms. The molecule has 0 aliphatic carbocycles. The van der Waals surface area contributed by atoms with Crippen molar-refractivity contribution in [2.24, 2.45) is 0 Å². The van der Waals surface area contributed by atoms with Gasteiger partial charge < -0.3 is 4.74 Å². The van der Waals surface area contributed by atoms with Gasteiger partial charge in [-0.25, -0.2) is 0 Å². The zero-order valence-corrected chi connectivity index (χ0v) is 12.9. The van der Waals surface area contributed by atoms with Crippen molar-refractivity contribution < 1.29 is 18.9 Å². The van der Waals surface area contributed by atoms with Crippen molar-refractivity contribution in [3.05, 3.63) is 0 Å². The Balaban J connectivity index is 0. The van der Waals surface area contributed by atoms with Gasteiger partial charge in [0.05, 0.1) is 6.35 Å². The number of hydrogen-bond donors (Lipinski definition) is 0. The predicted molar refractivity (Wildman–Crippen MR) is 52.8 cm³/mol. The summed E-state index contributed by atoms with van der Waals surface area (Å²) in [6, 6.07) is 0. The van der Waals surface area contributed by atoms with Crippen LogP contribution in [0.5, 0.6) is 0 Å². The Kier molecular flexibility index (Phi) is 16.8. The molecule has 0 bridgehead atoms. The van der Waals surface area contributed by atoms with Gasteiger partial charge in [0.2, 0.25) is 0 Å². The van der Waals surface area contributed by atoms with Gasteiger partial charge in [-0.2, -0.15) is 0 Å². The SMILES string of the molecule is CCOCP(C)C.[Cl][W]([Cl])[Cl]. The maximum atomic E-state index is 5.12. The summed E-state index contributed by atoms with van der Waals surface area (Å²) in [5.74, 6) is 0. The molecule has 0 amide bonds. The molecule has 0 saturated carbocycles. The van der Waals surface area contributed by atoms with E-state index in [1.54, 1.807) is 0 Å². The normalized spacial score (nSPS) is 9.82. The van der Waals surface area contributed by atoms with E-state index in [1.165, 1.54) is 0 Å². The molecule has 0 heterocycles. The second-order valence-corrected chi connectivity index (χ2v) is 17.0. The van der Waals surface area contributed by atoms with Crippen LogP contribution in [0.3, 0.4) is 0 Å². The van der Waals surface area contributed by atoms with Gasteiger partial charge in [-0.1, -0.05) is 7.92 Å². The van der Waals surface area contributed by atoms with Crippen LogP contribution >= 0.6 is 36.2 Å². The summed E-state index contributed by atoms with van der Waals surface area (Å²) in [7, 11) is 15.2. The van der Waals surface area contributed by atoms with Gasteiger partial charge in [0, 0.05) is 6.61 Å². The van der Waals surface area contributed by atoms with E-state index >= 15 is 0 Å². The zero-order chi connectivity index (χ0) is 9.28. The molecule has 0 aromatic rings. The van der Waals surface area contributed by atoms with Gasteiger partial charge in [-0.15, -0.1) is 0 Å². The second-order valence-electron chi connectivity index (χ2n) is 1.88. The van der Waals surface area contributed by atoms with Crippen LogP contribution in [0.25, 0.3) is 0 Å². The van der Waals surface area contributed by atoms with Crippen LogP contribution in [0.2, 0.25) is 0 Å². The first-order chi connectivity index (χ1) is 5.00. The Morgan fingerprint density at radius 3 is 1.73 bits per heavy atom. The van der Waals surface area contributed by atoms with Crippen molar-refractivity contribution in [1.82, 2.24) is 0 Å². The molecule has 71 valence electrons. The zero-order valence-electron chi connectivity index (χ0n) is 6.81. The first kappa shape index (κ1) is 15.4. The number of ether oxygens (including phenoxy) is 1. The van der Waals surface area contributed by atoms with Crippen LogP contribution in [0.1, 0.15) is 6.92 Å². The topological polar surface area (TPSA) is 9.23 Å². The van der Waals surface area contributed by atoms with Gasteiger partial charge in [0.15, 0.2) is 0 Å². The van der Waals surface area contributed by atoms with Gasteiger partial charge in [0.1, 0.15) is 0 Å². The monoisotopic (exact) mass is 409 g/mol. The molecule has 1 nitrogen and oxygen atoms in total. The van der Waals surface area contributed by atoms with Crippen molar-refractivity contribution in [3.8, 4) is 0 Å². The molecule has 0 saturated heterocycles. The van der Waals surface area contributed by atoms with Crippen molar-refractivity contribution in [3.63, 3.8) is 0 Å². The summed E-state index contributed by atoms with van der Waals surface area (Å²) in [4.78, 5) is 0. The quantitative estimate of drug-likeness (QED) is 0.644. The summed E-state index contributed by atoms with van der Waals surface area (Å²) in [5, 5.41) is 0. The molecule has 0 aromatic heterocycles. The van der Waals surface area contributed by atoms with E-state index < -0.39 is 14.2 Å². The van der Waals surface area contributed by atoms with E-state index in [0.29, 0.717) is 0 Å². The fourth-order valence-electron chi connectivity index (χ4n) is 0.274. The van der Waals surface area contributed by atoms with Crippen LogP contribution in [0, 0.1) is 0 Å². The average Bonchev–Trinajstić information content (AvgIpc) is 1.82. The molecule has 11 heavy (non-hydrogen) atoms. The minimum absolute atomic E-state index is 0.171. The molecular formula is C5H13Cl3OPW. The van der Waals surface area contributed by atoms with E-state index in [4.69, 9.17) is 33.0 Å². The number of halogens is 3. The molecule has 0 rings (SSSR count). The fourth-order valence-corrected chi connectivity index (χ4v) is 0.822. The van der Waals surface area contributed by atoms with Crippen molar-refractivity contribution in [2.75, 3.05) is 26.3 Å². The molecule has 0 unspecified atom stereocenters. The fraction of sp³-hybridized carbons (Fsp3) is 1.00. The molecular weight excluding hydrogens is 397 g/mol. The summed E-state index contributed by atoms with van der Waals surface area (Å²) in [6.45, 7) is 7.31. The molecule has 6 heteroatoms. The van der Waals surface area contributed by atoms with Crippen LogP contribution in [0.15, 0.2) is 0 Å². The third-order valence-corrected chi connectivity index (χ3v) is 1.25. The molecule has 0 aliphatic heterocycles. The van der Waals surface area contributed by atoms with Gasteiger partial charge in [-0.05, 0) is 20.3 Å². The third-order valence-electron chi connectivity index (χ3n) is 0.554. The molecule has 0 aromatic carbocycles. The summed E-state index contributed by atoms with van der Waals surface area (Å²) >= 11 is -2.11. The summed E-state index contributed by atoms with van der Waals surface area (Å²) < 4.78 is 5.12. The number of hydrogen-bond acceptors (Lipinski definition) is 1. The van der Waals surface area contributed by atoms with Crippen LogP contribution in [-0.4, -0.2) is 26.3 Å². The van der Waals surface area contributed by atoms with E-state index in [1.807, 2.05) is 6.92 Å². The third kappa shape index (κ3) is 33.4. The first-order valence-electron chi connectivity index (χ1n) is 2.96. The Morgan fingerprint density at radius 2 is 1.64 bits per heavy atom. The van der Waals surface area contributed by atoms with E-state index in [0.717, 1.165) is 13.0 Å². The molecule has 0 fully saturated rings. The maximum absolute atomic E-state index is 5.12. The molecule has 0 N–H and O–H groups in total. The van der Waals surface area contributed by atoms with Crippen molar-refractivity contribution in [1.29, 1.82) is 0 Å². The van der Waals surface area contributed by atoms with E-state index in [-0.39, 0.29) is 7.92 Å². The Morgan fingerprint density at radius 1 is 1.27 bits per heavy atom. The van der Waals surface area contributed by atoms with Crippen molar-refractivity contribution in [2.45, 2.75) is 6.92 Å². The molecule has 0 atom stereocenters. The van der Waals surface area contributed by atoms with Gasteiger partial charge >= 0.3 is 42.4 Å². The molecule has 0 radical (unpaired) electrons. The second kappa shape index (κ2) is 11.9. The van der Waals surface area contributed by atoms with Crippen molar-refractivity contribution >= 4 is 36.2 Å². The molecule has 0 aliphatic rings. The first-order valence-corrected chi connectivity index (χ1v) is 16.3. The summed E-state index contributed by atoms with van der Waals surface area (Å²) in [6.07, 6.45) is 0.964. The van der Waals surface area contributed by atoms with Gasteiger partial charge in [0.25, 0.3) is 0 Å². The Bertz CT molecular complexity index is 72.0. The Labute approximate surface area is 87.8 Å². The standard InChI is InChI=1S/C5H13OP.3ClH.W/c1-4-6-5-7(2)3;;;;/h4-5H2,1-3H3;3*1H;/q;;;;+3/p-3. The van der Waals surface area contributed by atoms with Crippen LogP contribution in [-0.2, 0) is 18.9 Å². The van der Waals surface area contributed by atoms with Gasteiger partial charge in [-0.3, -0.25) is 0 Å². The number of rotatable bonds is 3. The van der Waals surface area contributed by atoms with Crippen LogP contribution < -0.4 is 0 Å².